The summed E-state index contributed by atoms with van der Waals surface area (Å²) in [6.45, 7) is 4.08. The molecule has 1 aliphatic heterocycles. The van der Waals surface area contributed by atoms with E-state index in [-0.39, 0.29) is 5.97 Å². The van der Waals surface area contributed by atoms with Crippen molar-refractivity contribution in [2.75, 3.05) is 24.6 Å². The Balaban J connectivity index is 1.40. The SMILES string of the molecule is CCOC(=O)c1ccc(N2CCC(c3nc4ccccc4s3)CC2)nc1. The fourth-order valence-electron chi connectivity index (χ4n) is 3.33. The molecule has 0 unspecified atom stereocenters. The van der Waals surface area contributed by atoms with E-state index < -0.39 is 0 Å². The second kappa shape index (κ2) is 7.41. The summed E-state index contributed by atoms with van der Waals surface area (Å²) >= 11 is 1.81. The number of esters is 1. The molecular formula is C20H21N3O2S. The van der Waals surface area contributed by atoms with Crippen LogP contribution in [0.3, 0.4) is 0 Å². The Morgan fingerprint density at radius 1 is 1.23 bits per heavy atom. The van der Waals surface area contributed by atoms with Gasteiger partial charge >= 0.3 is 5.97 Å². The second-order valence-corrected chi connectivity index (χ2v) is 7.47. The number of nitrogens with zero attached hydrogens (tertiary/aromatic N) is 3. The minimum Gasteiger partial charge on any atom is -0.462 e. The summed E-state index contributed by atoms with van der Waals surface area (Å²) in [7, 11) is 0. The first-order valence-corrected chi connectivity index (χ1v) is 9.80. The number of carbonyl (C=O) groups is 1. The smallest absolute Gasteiger partial charge is 0.339 e. The highest BCUT2D eigenvalue weighted by atomic mass is 32.1. The van der Waals surface area contributed by atoms with Gasteiger partial charge in [0, 0.05) is 25.2 Å². The molecule has 1 saturated heterocycles. The maximum Gasteiger partial charge on any atom is 0.339 e. The van der Waals surface area contributed by atoms with Gasteiger partial charge in [-0.3, -0.25) is 0 Å². The number of rotatable bonds is 4. The number of carbonyl (C=O) groups excluding carboxylic acids is 1. The number of thiazole rings is 1. The molecule has 3 aromatic rings. The van der Waals surface area contributed by atoms with Gasteiger partial charge in [-0.1, -0.05) is 12.1 Å². The van der Waals surface area contributed by atoms with Crippen molar-refractivity contribution in [1.82, 2.24) is 9.97 Å². The highest BCUT2D eigenvalue weighted by molar-refractivity contribution is 7.18. The number of benzene rings is 1. The lowest BCUT2D eigenvalue weighted by Crippen LogP contribution is -2.33. The van der Waals surface area contributed by atoms with Crippen molar-refractivity contribution in [2.45, 2.75) is 25.7 Å². The predicted octanol–water partition coefficient (Wildman–Crippen LogP) is 4.25. The van der Waals surface area contributed by atoms with Crippen LogP contribution >= 0.6 is 11.3 Å². The molecule has 1 fully saturated rings. The second-order valence-electron chi connectivity index (χ2n) is 6.41. The highest BCUT2D eigenvalue weighted by Crippen LogP contribution is 2.34. The van der Waals surface area contributed by atoms with E-state index in [1.165, 1.54) is 9.71 Å². The molecule has 26 heavy (non-hydrogen) atoms. The Bertz CT molecular complexity index is 866. The Hall–Kier alpha value is -2.47. The van der Waals surface area contributed by atoms with Crippen LogP contribution in [0.15, 0.2) is 42.6 Å². The summed E-state index contributed by atoms with van der Waals surface area (Å²) < 4.78 is 6.27. The molecule has 1 aromatic carbocycles. The van der Waals surface area contributed by atoms with E-state index in [1.54, 1.807) is 19.2 Å². The molecule has 5 nitrogen and oxygen atoms in total. The molecule has 2 aromatic heterocycles. The average molecular weight is 367 g/mol. The lowest BCUT2D eigenvalue weighted by molar-refractivity contribution is 0.0526. The molecule has 4 rings (SSSR count). The molecule has 0 radical (unpaired) electrons. The third-order valence-electron chi connectivity index (χ3n) is 4.74. The first kappa shape index (κ1) is 17.0. The zero-order chi connectivity index (χ0) is 17.9. The van der Waals surface area contributed by atoms with Gasteiger partial charge in [0.25, 0.3) is 0 Å². The lowest BCUT2D eigenvalue weighted by Gasteiger charge is -2.32. The van der Waals surface area contributed by atoms with Gasteiger partial charge in [-0.2, -0.15) is 0 Å². The van der Waals surface area contributed by atoms with Crippen LogP contribution in [0.5, 0.6) is 0 Å². The number of hydrogen-bond donors (Lipinski definition) is 0. The molecule has 0 atom stereocenters. The van der Waals surface area contributed by atoms with E-state index in [0.29, 0.717) is 18.1 Å². The molecule has 0 saturated carbocycles. The van der Waals surface area contributed by atoms with Crippen molar-refractivity contribution in [3.63, 3.8) is 0 Å². The van der Waals surface area contributed by atoms with Crippen molar-refractivity contribution < 1.29 is 9.53 Å². The van der Waals surface area contributed by atoms with Gasteiger partial charge in [0.05, 0.1) is 27.4 Å². The maximum atomic E-state index is 11.7. The number of aromatic nitrogens is 2. The molecule has 6 heteroatoms. The first-order valence-electron chi connectivity index (χ1n) is 8.98. The van der Waals surface area contributed by atoms with Gasteiger partial charge in [-0.15, -0.1) is 11.3 Å². The molecule has 1 aliphatic rings. The molecule has 134 valence electrons. The number of pyridine rings is 1. The summed E-state index contributed by atoms with van der Waals surface area (Å²) in [4.78, 5) is 23.3. The fraction of sp³-hybridized carbons (Fsp3) is 0.350. The molecule has 0 amide bonds. The van der Waals surface area contributed by atoms with Gasteiger partial charge in [-0.25, -0.2) is 14.8 Å². The summed E-state index contributed by atoms with van der Waals surface area (Å²) in [5.41, 5.74) is 1.60. The molecule has 0 N–H and O–H groups in total. The Labute approximate surface area is 156 Å². The van der Waals surface area contributed by atoms with E-state index >= 15 is 0 Å². The number of piperidine rings is 1. The van der Waals surface area contributed by atoms with Crippen molar-refractivity contribution in [3.8, 4) is 0 Å². The number of fused-ring (bicyclic) bond motifs is 1. The molecule has 0 aliphatic carbocycles. The number of anilines is 1. The van der Waals surface area contributed by atoms with Crippen LogP contribution in [0.2, 0.25) is 0 Å². The van der Waals surface area contributed by atoms with Crippen LogP contribution in [-0.4, -0.2) is 35.6 Å². The summed E-state index contributed by atoms with van der Waals surface area (Å²) in [5.74, 6) is 1.12. The summed E-state index contributed by atoms with van der Waals surface area (Å²) in [6, 6.07) is 12.0. The van der Waals surface area contributed by atoms with Crippen LogP contribution in [0, 0.1) is 0 Å². The van der Waals surface area contributed by atoms with E-state index in [1.807, 2.05) is 23.5 Å². The standard InChI is InChI=1S/C20H21N3O2S/c1-2-25-20(24)15-7-8-18(21-13-15)23-11-9-14(10-12-23)19-22-16-5-3-4-6-17(16)26-19/h3-8,13-14H,2,9-12H2,1H3. The van der Waals surface area contributed by atoms with E-state index in [0.717, 1.165) is 37.3 Å². The van der Waals surface area contributed by atoms with Gasteiger partial charge in [-0.05, 0) is 44.0 Å². The number of ether oxygens (including phenoxy) is 1. The van der Waals surface area contributed by atoms with Crippen molar-refractivity contribution in [2.24, 2.45) is 0 Å². The molecule has 0 bridgehead atoms. The largest absolute Gasteiger partial charge is 0.462 e. The Morgan fingerprint density at radius 2 is 2.04 bits per heavy atom. The fourth-order valence-corrected chi connectivity index (χ4v) is 4.47. The first-order chi connectivity index (χ1) is 12.7. The quantitative estimate of drug-likeness (QED) is 0.645. The normalized spacial score (nSPS) is 15.3. The van der Waals surface area contributed by atoms with Gasteiger partial charge in [0.1, 0.15) is 5.82 Å². The Kier molecular flexibility index (Phi) is 4.84. The lowest BCUT2D eigenvalue weighted by atomic mass is 9.97. The van der Waals surface area contributed by atoms with E-state index in [2.05, 4.69) is 28.1 Å². The van der Waals surface area contributed by atoms with Crippen LogP contribution in [0.4, 0.5) is 5.82 Å². The van der Waals surface area contributed by atoms with Gasteiger partial charge in [0.2, 0.25) is 0 Å². The minimum absolute atomic E-state index is 0.318. The minimum atomic E-state index is -0.318. The van der Waals surface area contributed by atoms with E-state index in [4.69, 9.17) is 9.72 Å². The monoisotopic (exact) mass is 367 g/mol. The predicted molar refractivity (Wildman–Crippen MR) is 104 cm³/mol. The van der Waals surface area contributed by atoms with Crippen LogP contribution in [0.1, 0.15) is 41.0 Å². The third-order valence-corrected chi connectivity index (χ3v) is 5.94. The van der Waals surface area contributed by atoms with Crippen molar-refractivity contribution in [1.29, 1.82) is 0 Å². The highest BCUT2D eigenvalue weighted by Gasteiger charge is 2.24. The van der Waals surface area contributed by atoms with Gasteiger partial charge in [0.15, 0.2) is 0 Å². The number of hydrogen-bond acceptors (Lipinski definition) is 6. The summed E-state index contributed by atoms with van der Waals surface area (Å²) in [5, 5.41) is 1.25. The zero-order valence-corrected chi connectivity index (χ0v) is 15.5. The van der Waals surface area contributed by atoms with Gasteiger partial charge < -0.3 is 9.64 Å². The average Bonchev–Trinajstić information content (AvgIpc) is 3.13. The van der Waals surface area contributed by atoms with E-state index in [9.17, 15) is 4.79 Å². The molecule has 0 spiro atoms. The molecular weight excluding hydrogens is 346 g/mol. The van der Waals surface area contributed by atoms with Crippen LogP contribution in [0.25, 0.3) is 10.2 Å². The number of para-hydroxylation sites is 1. The van der Waals surface area contributed by atoms with Crippen LogP contribution < -0.4 is 4.90 Å². The topological polar surface area (TPSA) is 55.3 Å². The maximum absolute atomic E-state index is 11.7. The zero-order valence-electron chi connectivity index (χ0n) is 14.7. The Morgan fingerprint density at radius 3 is 2.73 bits per heavy atom. The summed E-state index contributed by atoms with van der Waals surface area (Å²) in [6.07, 6.45) is 3.75. The third kappa shape index (κ3) is 3.42. The van der Waals surface area contributed by atoms with Crippen molar-refractivity contribution >= 4 is 33.3 Å². The molecule has 3 heterocycles. The van der Waals surface area contributed by atoms with Crippen molar-refractivity contribution in [3.05, 3.63) is 53.2 Å². The van der Waals surface area contributed by atoms with Crippen LogP contribution in [-0.2, 0) is 4.74 Å².